The second-order valence-corrected chi connectivity index (χ2v) is 9.72. The van der Waals surface area contributed by atoms with E-state index in [1.165, 1.54) is 30.2 Å². The third kappa shape index (κ3) is 7.18. The van der Waals surface area contributed by atoms with Crippen LogP contribution in [0.25, 0.3) is 0 Å². The molecule has 0 spiro atoms. The fourth-order valence-electron chi connectivity index (χ4n) is 3.50. The number of amides is 2. The van der Waals surface area contributed by atoms with Gasteiger partial charge in [0.05, 0.1) is 19.1 Å². The number of ether oxygens (including phenoxy) is 1. The van der Waals surface area contributed by atoms with E-state index in [4.69, 9.17) is 4.74 Å². The van der Waals surface area contributed by atoms with Gasteiger partial charge in [-0.15, -0.1) is 0 Å². The Morgan fingerprint density at radius 1 is 1.12 bits per heavy atom. The zero-order chi connectivity index (χ0) is 25.3. The summed E-state index contributed by atoms with van der Waals surface area (Å²) in [6.07, 6.45) is 1.94. The molecule has 2 rings (SSSR count). The molecule has 1 atom stereocenters. The largest absolute Gasteiger partial charge is 0.497 e. The summed E-state index contributed by atoms with van der Waals surface area (Å²) in [5.74, 6) is -1.15. The van der Waals surface area contributed by atoms with Crippen LogP contribution in [0.2, 0.25) is 0 Å². The van der Waals surface area contributed by atoms with Gasteiger partial charge in [0.1, 0.15) is 24.2 Å². The van der Waals surface area contributed by atoms with E-state index in [1.807, 2.05) is 6.92 Å². The van der Waals surface area contributed by atoms with E-state index in [0.29, 0.717) is 24.3 Å². The molecule has 0 heterocycles. The first-order valence-electron chi connectivity index (χ1n) is 11.0. The zero-order valence-corrected chi connectivity index (χ0v) is 20.8. The first kappa shape index (κ1) is 27.1. The van der Waals surface area contributed by atoms with Gasteiger partial charge in [0.25, 0.3) is 0 Å². The quantitative estimate of drug-likeness (QED) is 0.491. The van der Waals surface area contributed by atoms with E-state index in [-0.39, 0.29) is 18.1 Å². The number of sulfonamides is 1. The minimum absolute atomic E-state index is 0.0446. The van der Waals surface area contributed by atoms with E-state index < -0.39 is 34.3 Å². The van der Waals surface area contributed by atoms with E-state index in [9.17, 15) is 22.4 Å². The van der Waals surface area contributed by atoms with Crippen LogP contribution < -0.4 is 14.4 Å². The van der Waals surface area contributed by atoms with Crippen molar-refractivity contribution in [3.63, 3.8) is 0 Å². The summed E-state index contributed by atoms with van der Waals surface area (Å²) in [6.45, 7) is 3.53. The lowest BCUT2D eigenvalue weighted by molar-refractivity contribution is -0.140. The summed E-state index contributed by atoms with van der Waals surface area (Å²) >= 11 is 0. The number of hydrogen-bond acceptors (Lipinski definition) is 5. The van der Waals surface area contributed by atoms with Crippen LogP contribution in [-0.4, -0.2) is 57.6 Å². The van der Waals surface area contributed by atoms with Gasteiger partial charge < -0.3 is 15.0 Å². The summed E-state index contributed by atoms with van der Waals surface area (Å²) in [4.78, 5) is 27.7. The van der Waals surface area contributed by atoms with E-state index >= 15 is 0 Å². The number of methoxy groups -OCH3 is 1. The molecule has 2 amide bonds. The molecule has 0 saturated heterocycles. The van der Waals surface area contributed by atoms with Crippen molar-refractivity contribution in [1.29, 1.82) is 0 Å². The highest BCUT2D eigenvalue weighted by Gasteiger charge is 2.32. The minimum atomic E-state index is -3.99. The molecule has 10 heteroatoms. The molecule has 2 aromatic rings. The van der Waals surface area contributed by atoms with E-state index in [1.54, 1.807) is 31.2 Å². The number of benzene rings is 2. The third-order valence-corrected chi connectivity index (χ3v) is 6.35. The molecule has 0 aliphatic rings. The van der Waals surface area contributed by atoms with Gasteiger partial charge in [-0.25, -0.2) is 12.8 Å². The first-order chi connectivity index (χ1) is 16.1. The van der Waals surface area contributed by atoms with Crippen molar-refractivity contribution in [2.45, 2.75) is 39.3 Å². The topological polar surface area (TPSA) is 96.0 Å². The van der Waals surface area contributed by atoms with Crippen molar-refractivity contribution in [3.8, 4) is 5.75 Å². The maximum absolute atomic E-state index is 14.4. The summed E-state index contributed by atoms with van der Waals surface area (Å²) < 4.78 is 45.4. The Bertz CT molecular complexity index is 1090. The van der Waals surface area contributed by atoms with Crippen molar-refractivity contribution < 1.29 is 27.1 Å². The Labute approximate surface area is 200 Å². The van der Waals surface area contributed by atoms with Crippen LogP contribution in [0.4, 0.5) is 10.1 Å². The fraction of sp³-hybridized carbons (Fsp3) is 0.417. The summed E-state index contributed by atoms with van der Waals surface area (Å²) in [5, 5.41) is 2.80. The Morgan fingerprint density at radius 2 is 1.82 bits per heavy atom. The Morgan fingerprint density at radius 3 is 2.41 bits per heavy atom. The summed E-state index contributed by atoms with van der Waals surface area (Å²) in [7, 11) is -2.47. The third-order valence-electron chi connectivity index (χ3n) is 5.22. The molecular formula is C24H32FN3O5S. The Kier molecular flexibility index (Phi) is 9.85. The lowest BCUT2D eigenvalue weighted by Crippen LogP contribution is -2.52. The lowest BCUT2D eigenvalue weighted by Gasteiger charge is -2.33. The molecule has 0 aliphatic carbocycles. The molecule has 0 fully saturated rings. The predicted octanol–water partition coefficient (Wildman–Crippen LogP) is 2.93. The van der Waals surface area contributed by atoms with Gasteiger partial charge in [-0.2, -0.15) is 0 Å². The standard InChI is InChI=1S/C24H32FN3O5S/c1-5-14-26-24(30)21(6-2)27(16-18-10-9-11-19(15-18)33-3)23(29)17-28(34(4,31)32)22-13-8-7-12-20(22)25/h7-13,15,21H,5-6,14,16-17H2,1-4H3,(H,26,30). The van der Waals surface area contributed by atoms with Crippen LogP contribution in [-0.2, 0) is 26.2 Å². The SMILES string of the molecule is CCCNC(=O)C(CC)N(Cc1cccc(OC)c1)C(=O)CN(c1ccccc1F)S(C)(=O)=O. The van der Waals surface area contributed by atoms with Crippen LogP contribution in [0.15, 0.2) is 48.5 Å². The van der Waals surface area contributed by atoms with E-state index in [2.05, 4.69) is 5.32 Å². The first-order valence-corrected chi connectivity index (χ1v) is 12.9. The van der Waals surface area contributed by atoms with Gasteiger partial charge in [0, 0.05) is 13.1 Å². The monoisotopic (exact) mass is 493 g/mol. The number of para-hydroxylation sites is 1. The molecular weight excluding hydrogens is 461 g/mol. The molecule has 186 valence electrons. The van der Waals surface area contributed by atoms with Crippen LogP contribution >= 0.6 is 0 Å². The highest BCUT2D eigenvalue weighted by molar-refractivity contribution is 7.92. The number of carbonyl (C=O) groups excluding carboxylic acids is 2. The number of hydrogen-bond donors (Lipinski definition) is 1. The number of halogens is 1. The molecule has 0 aliphatic heterocycles. The highest BCUT2D eigenvalue weighted by atomic mass is 32.2. The summed E-state index contributed by atoms with van der Waals surface area (Å²) in [5.41, 5.74) is 0.467. The number of nitrogens with one attached hydrogen (secondary N) is 1. The van der Waals surface area contributed by atoms with Gasteiger partial charge in [-0.1, -0.05) is 38.1 Å². The second kappa shape index (κ2) is 12.4. The van der Waals surface area contributed by atoms with Gasteiger partial charge in [0.15, 0.2) is 0 Å². The minimum Gasteiger partial charge on any atom is -0.497 e. The number of nitrogens with zero attached hydrogens (tertiary/aromatic N) is 2. The molecule has 1 N–H and O–H groups in total. The molecule has 8 nitrogen and oxygen atoms in total. The number of rotatable bonds is 12. The normalized spacial score (nSPS) is 12.0. The number of anilines is 1. The van der Waals surface area contributed by atoms with Crippen LogP contribution in [0.3, 0.4) is 0 Å². The van der Waals surface area contributed by atoms with Gasteiger partial charge >= 0.3 is 0 Å². The number of carbonyl (C=O) groups is 2. The van der Waals surface area contributed by atoms with Crippen molar-refractivity contribution >= 4 is 27.5 Å². The van der Waals surface area contributed by atoms with Crippen molar-refractivity contribution in [1.82, 2.24) is 10.2 Å². The molecule has 0 bridgehead atoms. The average Bonchev–Trinajstić information content (AvgIpc) is 2.80. The smallest absolute Gasteiger partial charge is 0.244 e. The van der Waals surface area contributed by atoms with Crippen LogP contribution in [0.5, 0.6) is 5.75 Å². The molecule has 2 aromatic carbocycles. The van der Waals surface area contributed by atoms with Crippen molar-refractivity contribution in [2.24, 2.45) is 0 Å². The fourth-order valence-corrected chi connectivity index (χ4v) is 4.35. The Hall–Kier alpha value is -3.14. The van der Waals surface area contributed by atoms with Gasteiger partial charge in [-0.3, -0.25) is 13.9 Å². The highest BCUT2D eigenvalue weighted by Crippen LogP contribution is 2.23. The molecule has 0 aromatic heterocycles. The average molecular weight is 494 g/mol. The van der Waals surface area contributed by atoms with E-state index in [0.717, 1.165) is 23.0 Å². The predicted molar refractivity (Wildman–Crippen MR) is 130 cm³/mol. The summed E-state index contributed by atoms with van der Waals surface area (Å²) in [6, 6.07) is 11.5. The van der Waals surface area contributed by atoms with Gasteiger partial charge in [0.2, 0.25) is 21.8 Å². The van der Waals surface area contributed by atoms with Crippen molar-refractivity contribution in [2.75, 3.05) is 30.8 Å². The molecule has 34 heavy (non-hydrogen) atoms. The maximum atomic E-state index is 14.4. The Balaban J connectivity index is 2.45. The second-order valence-electron chi connectivity index (χ2n) is 7.81. The van der Waals surface area contributed by atoms with Crippen molar-refractivity contribution in [3.05, 3.63) is 59.9 Å². The maximum Gasteiger partial charge on any atom is 0.244 e. The lowest BCUT2D eigenvalue weighted by atomic mass is 10.1. The van der Waals surface area contributed by atoms with Crippen LogP contribution in [0.1, 0.15) is 32.3 Å². The molecule has 0 radical (unpaired) electrons. The van der Waals surface area contributed by atoms with Crippen LogP contribution in [0, 0.1) is 5.82 Å². The zero-order valence-electron chi connectivity index (χ0n) is 20.0. The molecule has 0 saturated carbocycles. The molecule has 1 unspecified atom stereocenters. The van der Waals surface area contributed by atoms with Gasteiger partial charge in [-0.05, 0) is 42.7 Å².